The molecular weight excluding hydrogens is 376 g/mol. The fourth-order valence-corrected chi connectivity index (χ4v) is 4.69. The van der Waals surface area contributed by atoms with Gasteiger partial charge in [0.1, 0.15) is 5.75 Å². The predicted octanol–water partition coefficient (Wildman–Crippen LogP) is 4.42. The Kier molecular flexibility index (Phi) is 6.75. The van der Waals surface area contributed by atoms with E-state index in [0.29, 0.717) is 17.2 Å². The van der Waals surface area contributed by atoms with Crippen molar-refractivity contribution in [2.24, 2.45) is 0 Å². The van der Waals surface area contributed by atoms with Crippen LogP contribution in [0.15, 0.2) is 66.7 Å². The van der Waals surface area contributed by atoms with Gasteiger partial charge in [0.2, 0.25) is 0 Å². The van der Waals surface area contributed by atoms with E-state index in [2.05, 4.69) is 90.0 Å². The molecule has 2 N–H and O–H groups in total. The van der Waals surface area contributed by atoms with Crippen molar-refractivity contribution in [2.45, 2.75) is 30.1 Å². The van der Waals surface area contributed by atoms with Crippen LogP contribution in [0.4, 0.5) is 0 Å². The van der Waals surface area contributed by atoms with Crippen LogP contribution < -0.4 is 15.4 Å². The van der Waals surface area contributed by atoms with E-state index in [0.717, 1.165) is 38.2 Å². The van der Waals surface area contributed by atoms with Crippen molar-refractivity contribution in [1.82, 2.24) is 10.6 Å². The van der Waals surface area contributed by atoms with Gasteiger partial charge in [-0.15, -0.1) is 0 Å². The molecule has 4 heteroatoms. The van der Waals surface area contributed by atoms with E-state index in [1.54, 1.807) is 7.11 Å². The normalized spacial score (nSPS) is 20.1. The van der Waals surface area contributed by atoms with Gasteiger partial charge in [-0.1, -0.05) is 54.6 Å². The first-order valence-electron chi connectivity index (χ1n) is 10.5. The second kappa shape index (κ2) is 9.66. The molecule has 3 aromatic carbocycles. The molecule has 1 saturated heterocycles. The van der Waals surface area contributed by atoms with E-state index in [-0.39, 0.29) is 0 Å². The van der Waals surface area contributed by atoms with Crippen LogP contribution in [0.1, 0.15) is 23.5 Å². The molecule has 3 nitrogen and oxygen atoms in total. The molecule has 1 aliphatic heterocycles. The van der Waals surface area contributed by atoms with Crippen molar-refractivity contribution in [1.29, 1.82) is 0 Å². The van der Waals surface area contributed by atoms with Crippen LogP contribution in [-0.2, 0) is 6.42 Å². The molecule has 0 saturated carbocycles. The monoisotopic (exact) mass is 406 g/mol. The fourth-order valence-electron chi connectivity index (χ4n) is 4.33. The molecule has 0 bridgehead atoms. The van der Waals surface area contributed by atoms with E-state index in [1.165, 1.54) is 21.9 Å². The lowest BCUT2D eigenvalue weighted by atomic mass is 9.88. The van der Waals surface area contributed by atoms with Crippen molar-refractivity contribution in [3.05, 3.63) is 77.9 Å². The van der Waals surface area contributed by atoms with Gasteiger partial charge >= 0.3 is 0 Å². The molecule has 0 spiro atoms. The summed E-state index contributed by atoms with van der Waals surface area (Å²) in [7, 11) is 1.71. The third-order valence-electron chi connectivity index (χ3n) is 5.88. The average Bonchev–Trinajstić information content (AvgIpc) is 3.18. The summed E-state index contributed by atoms with van der Waals surface area (Å²) < 4.78 is 5.32. The Hall–Kier alpha value is -2.01. The van der Waals surface area contributed by atoms with E-state index in [1.807, 2.05) is 0 Å². The minimum atomic E-state index is 0.405. The Morgan fingerprint density at radius 1 is 1.07 bits per heavy atom. The van der Waals surface area contributed by atoms with Crippen molar-refractivity contribution in [2.75, 3.05) is 26.7 Å². The minimum Gasteiger partial charge on any atom is -0.497 e. The van der Waals surface area contributed by atoms with Crippen LogP contribution in [0, 0.1) is 0 Å². The minimum absolute atomic E-state index is 0.405. The lowest BCUT2D eigenvalue weighted by molar-refractivity contribution is 0.414. The Morgan fingerprint density at radius 2 is 1.86 bits per heavy atom. The SMILES string of the molecule is COc1ccc(C[C@H](CNC[C@@H]2CC(S)CN2)c2cccc3ccccc23)cc1. The lowest BCUT2D eigenvalue weighted by Crippen LogP contribution is -2.36. The van der Waals surface area contributed by atoms with Gasteiger partial charge in [0.15, 0.2) is 0 Å². The zero-order valence-corrected chi connectivity index (χ0v) is 17.9. The summed E-state index contributed by atoms with van der Waals surface area (Å²) in [5, 5.41) is 10.4. The van der Waals surface area contributed by atoms with Crippen molar-refractivity contribution in [3.63, 3.8) is 0 Å². The van der Waals surface area contributed by atoms with E-state index in [4.69, 9.17) is 4.74 Å². The quantitative estimate of drug-likeness (QED) is 0.484. The second-order valence-electron chi connectivity index (χ2n) is 7.97. The first kappa shape index (κ1) is 20.3. The highest BCUT2D eigenvalue weighted by Gasteiger charge is 2.21. The maximum Gasteiger partial charge on any atom is 0.118 e. The van der Waals surface area contributed by atoms with Crippen LogP contribution in [0.25, 0.3) is 10.8 Å². The van der Waals surface area contributed by atoms with Crippen LogP contribution in [0.2, 0.25) is 0 Å². The summed E-state index contributed by atoms with van der Waals surface area (Å²) in [6.45, 7) is 2.95. The Morgan fingerprint density at radius 3 is 2.62 bits per heavy atom. The molecule has 1 unspecified atom stereocenters. The highest BCUT2D eigenvalue weighted by molar-refractivity contribution is 7.81. The predicted molar refractivity (Wildman–Crippen MR) is 125 cm³/mol. The number of methoxy groups -OCH3 is 1. The van der Waals surface area contributed by atoms with Gasteiger partial charge in [-0.2, -0.15) is 12.6 Å². The number of hydrogen-bond acceptors (Lipinski definition) is 4. The maximum absolute atomic E-state index is 5.32. The molecule has 1 heterocycles. The molecule has 0 radical (unpaired) electrons. The van der Waals surface area contributed by atoms with Gasteiger partial charge < -0.3 is 15.4 Å². The molecule has 3 aromatic rings. The summed E-state index contributed by atoms with van der Waals surface area (Å²) in [6, 6.07) is 24.4. The molecule has 0 aliphatic carbocycles. The molecular formula is C25H30N2OS. The zero-order valence-electron chi connectivity index (χ0n) is 17.0. The highest BCUT2D eigenvalue weighted by Crippen LogP contribution is 2.29. The molecule has 0 amide bonds. The molecule has 4 rings (SSSR count). The molecule has 29 heavy (non-hydrogen) atoms. The number of ether oxygens (including phenoxy) is 1. The highest BCUT2D eigenvalue weighted by atomic mass is 32.1. The second-order valence-corrected chi connectivity index (χ2v) is 8.70. The number of fused-ring (bicyclic) bond motifs is 1. The number of nitrogens with one attached hydrogen (secondary N) is 2. The number of thiol groups is 1. The third kappa shape index (κ3) is 5.13. The Bertz CT molecular complexity index is 922. The van der Waals surface area contributed by atoms with Crippen LogP contribution in [0.3, 0.4) is 0 Å². The Labute approximate surface area is 179 Å². The van der Waals surface area contributed by atoms with Crippen LogP contribution >= 0.6 is 12.6 Å². The number of rotatable bonds is 8. The summed E-state index contributed by atoms with van der Waals surface area (Å²) >= 11 is 4.59. The largest absolute Gasteiger partial charge is 0.497 e. The number of benzene rings is 3. The first-order chi connectivity index (χ1) is 14.2. The molecule has 152 valence electrons. The lowest BCUT2D eigenvalue weighted by Gasteiger charge is -2.22. The smallest absolute Gasteiger partial charge is 0.118 e. The topological polar surface area (TPSA) is 33.3 Å². The van der Waals surface area contributed by atoms with Gasteiger partial charge in [0, 0.05) is 36.8 Å². The van der Waals surface area contributed by atoms with Crippen molar-refractivity contribution >= 4 is 23.4 Å². The first-order valence-corrected chi connectivity index (χ1v) is 11.0. The molecule has 1 fully saturated rings. The van der Waals surface area contributed by atoms with Gasteiger partial charge in [-0.25, -0.2) is 0 Å². The van der Waals surface area contributed by atoms with E-state index < -0.39 is 0 Å². The number of hydrogen-bond donors (Lipinski definition) is 3. The average molecular weight is 407 g/mol. The van der Waals surface area contributed by atoms with E-state index >= 15 is 0 Å². The summed E-state index contributed by atoms with van der Waals surface area (Å²) in [4.78, 5) is 0. The fraction of sp³-hybridized carbons (Fsp3) is 0.360. The Balaban J connectivity index is 1.54. The standard InChI is InChI=1S/C25H30N2OS/c1-28-22-11-9-18(10-12-22)13-20(15-26-16-21-14-23(29)17-27-21)25-8-4-6-19-5-2-3-7-24(19)25/h2-12,20-21,23,26-27,29H,13-17H2,1H3/t20-,21+,23?/m1/s1. The van der Waals surface area contributed by atoms with Crippen LogP contribution in [0.5, 0.6) is 5.75 Å². The van der Waals surface area contributed by atoms with E-state index in [9.17, 15) is 0 Å². The molecule has 1 aliphatic rings. The molecule has 3 atom stereocenters. The summed E-state index contributed by atoms with van der Waals surface area (Å²) in [5.41, 5.74) is 2.75. The zero-order chi connectivity index (χ0) is 20.1. The van der Waals surface area contributed by atoms with Crippen molar-refractivity contribution in [3.8, 4) is 5.75 Å². The van der Waals surface area contributed by atoms with Crippen molar-refractivity contribution < 1.29 is 4.74 Å². The van der Waals surface area contributed by atoms with Gasteiger partial charge in [-0.3, -0.25) is 0 Å². The van der Waals surface area contributed by atoms with Gasteiger partial charge in [-0.05, 0) is 46.9 Å². The molecule has 0 aromatic heterocycles. The summed E-state index contributed by atoms with van der Waals surface area (Å²) in [5.74, 6) is 1.31. The summed E-state index contributed by atoms with van der Waals surface area (Å²) in [6.07, 6.45) is 2.13. The van der Waals surface area contributed by atoms with Gasteiger partial charge in [0.25, 0.3) is 0 Å². The van der Waals surface area contributed by atoms with Gasteiger partial charge in [0.05, 0.1) is 7.11 Å². The van der Waals surface area contributed by atoms with Crippen LogP contribution in [-0.4, -0.2) is 38.0 Å². The maximum atomic E-state index is 5.32. The third-order valence-corrected chi connectivity index (χ3v) is 6.28.